The average molecular weight is 244 g/mol. The van der Waals surface area contributed by atoms with Gasteiger partial charge in [-0.05, 0) is 30.9 Å². The van der Waals surface area contributed by atoms with Crippen LogP contribution in [-0.4, -0.2) is 24.2 Å². The van der Waals surface area contributed by atoms with Gasteiger partial charge in [-0.15, -0.1) is 0 Å². The smallest absolute Gasteiger partial charge is 0.0588 e. The largest absolute Gasteiger partial charge is 0.378 e. The molecule has 18 heavy (non-hydrogen) atoms. The number of nitrogens with one attached hydrogen (secondary N) is 2. The minimum absolute atomic E-state index is 0.403. The molecule has 0 bridgehead atoms. The molecule has 2 unspecified atom stereocenters. The number of hydrogen-bond donors (Lipinski definition) is 2. The molecule has 3 rings (SSSR count). The minimum atomic E-state index is 0.403. The zero-order valence-electron chi connectivity index (χ0n) is 10.8. The summed E-state index contributed by atoms with van der Waals surface area (Å²) in [5.41, 5.74) is 2.56. The van der Waals surface area contributed by atoms with Crippen molar-refractivity contribution in [2.45, 2.75) is 26.0 Å². The SMILES string of the molecule is CC1OCCC1CNCc1c[nH]c2ccccc12. The van der Waals surface area contributed by atoms with Gasteiger partial charge in [-0.25, -0.2) is 0 Å². The predicted molar refractivity (Wildman–Crippen MR) is 73.5 cm³/mol. The van der Waals surface area contributed by atoms with Crippen LogP contribution in [0, 0.1) is 5.92 Å². The maximum Gasteiger partial charge on any atom is 0.0588 e. The Morgan fingerprint density at radius 3 is 3.11 bits per heavy atom. The van der Waals surface area contributed by atoms with Gasteiger partial charge in [0.05, 0.1) is 6.10 Å². The number of rotatable bonds is 4. The molecule has 0 aliphatic carbocycles. The van der Waals surface area contributed by atoms with Crippen LogP contribution in [0.4, 0.5) is 0 Å². The van der Waals surface area contributed by atoms with Crippen molar-refractivity contribution < 1.29 is 4.74 Å². The number of fused-ring (bicyclic) bond motifs is 1. The molecule has 0 spiro atoms. The van der Waals surface area contributed by atoms with E-state index < -0.39 is 0 Å². The highest BCUT2D eigenvalue weighted by atomic mass is 16.5. The van der Waals surface area contributed by atoms with Crippen LogP contribution in [0.5, 0.6) is 0 Å². The van der Waals surface area contributed by atoms with Crippen molar-refractivity contribution in [3.63, 3.8) is 0 Å². The van der Waals surface area contributed by atoms with E-state index in [1.54, 1.807) is 0 Å². The molecular formula is C15H20N2O. The molecule has 2 N–H and O–H groups in total. The number of hydrogen-bond acceptors (Lipinski definition) is 2. The topological polar surface area (TPSA) is 37.0 Å². The second-order valence-corrected chi connectivity index (χ2v) is 5.12. The molecule has 0 saturated carbocycles. The highest BCUT2D eigenvalue weighted by Crippen LogP contribution is 2.20. The first-order valence-electron chi connectivity index (χ1n) is 6.72. The fourth-order valence-electron chi connectivity index (χ4n) is 2.71. The zero-order chi connectivity index (χ0) is 12.4. The summed E-state index contributed by atoms with van der Waals surface area (Å²) in [7, 11) is 0. The van der Waals surface area contributed by atoms with Crippen LogP contribution in [0.1, 0.15) is 18.9 Å². The number of aromatic amines is 1. The molecule has 1 aliphatic rings. The van der Waals surface area contributed by atoms with E-state index >= 15 is 0 Å². The van der Waals surface area contributed by atoms with Crippen molar-refractivity contribution in [3.05, 3.63) is 36.0 Å². The Bertz CT molecular complexity index is 520. The van der Waals surface area contributed by atoms with Gasteiger partial charge in [-0.1, -0.05) is 18.2 Å². The van der Waals surface area contributed by atoms with E-state index in [0.717, 1.165) is 19.7 Å². The highest BCUT2D eigenvalue weighted by Gasteiger charge is 2.23. The number of H-pyrrole nitrogens is 1. The second-order valence-electron chi connectivity index (χ2n) is 5.12. The summed E-state index contributed by atoms with van der Waals surface area (Å²) in [4.78, 5) is 3.31. The number of aromatic nitrogens is 1. The third kappa shape index (κ3) is 2.28. The van der Waals surface area contributed by atoms with Crippen LogP contribution in [0.25, 0.3) is 10.9 Å². The van der Waals surface area contributed by atoms with Crippen LogP contribution in [0.2, 0.25) is 0 Å². The van der Waals surface area contributed by atoms with Gasteiger partial charge in [-0.3, -0.25) is 0 Å². The van der Waals surface area contributed by atoms with Crippen LogP contribution in [0.3, 0.4) is 0 Å². The van der Waals surface area contributed by atoms with Gasteiger partial charge in [0.15, 0.2) is 0 Å². The van der Waals surface area contributed by atoms with E-state index in [9.17, 15) is 0 Å². The second kappa shape index (κ2) is 5.12. The maximum atomic E-state index is 5.58. The molecular weight excluding hydrogens is 224 g/mol. The van der Waals surface area contributed by atoms with Gasteiger partial charge in [-0.2, -0.15) is 0 Å². The van der Waals surface area contributed by atoms with Gasteiger partial charge in [0.25, 0.3) is 0 Å². The normalized spacial score (nSPS) is 23.8. The molecule has 1 fully saturated rings. The van der Waals surface area contributed by atoms with E-state index in [1.165, 1.54) is 22.9 Å². The van der Waals surface area contributed by atoms with E-state index in [1.807, 2.05) is 0 Å². The van der Waals surface area contributed by atoms with E-state index in [0.29, 0.717) is 12.0 Å². The first kappa shape index (κ1) is 11.8. The summed E-state index contributed by atoms with van der Waals surface area (Å²) in [5, 5.41) is 4.87. The first-order chi connectivity index (χ1) is 8.84. The van der Waals surface area contributed by atoms with Crippen molar-refractivity contribution in [1.82, 2.24) is 10.3 Å². The molecule has 0 radical (unpaired) electrons. The molecule has 0 amide bonds. The molecule has 2 heterocycles. The standard InChI is InChI=1S/C15H20N2O/c1-11-12(6-7-18-11)8-16-9-13-10-17-15-5-3-2-4-14(13)15/h2-5,10-12,16-17H,6-9H2,1H3. The molecule has 2 atom stereocenters. The Morgan fingerprint density at radius 1 is 1.39 bits per heavy atom. The van der Waals surface area contributed by atoms with Crippen LogP contribution < -0.4 is 5.32 Å². The lowest BCUT2D eigenvalue weighted by molar-refractivity contribution is 0.105. The van der Waals surface area contributed by atoms with Crippen molar-refractivity contribution in [1.29, 1.82) is 0 Å². The van der Waals surface area contributed by atoms with Gasteiger partial charge in [0.1, 0.15) is 0 Å². The van der Waals surface area contributed by atoms with Crippen molar-refractivity contribution in [3.8, 4) is 0 Å². The van der Waals surface area contributed by atoms with Gasteiger partial charge >= 0.3 is 0 Å². The summed E-state index contributed by atoms with van der Waals surface area (Å²) in [6.07, 6.45) is 3.69. The molecule has 1 saturated heterocycles. The molecule has 2 aromatic rings. The van der Waals surface area contributed by atoms with Gasteiger partial charge < -0.3 is 15.0 Å². The first-order valence-corrected chi connectivity index (χ1v) is 6.72. The van der Waals surface area contributed by atoms with Crippen LogP contribution >= 0.6 is 0 Å². The average Bonchev–Trinajstić information content (AvgIpc) is 2.97. The van der Waals surface area contributed by atoms with Crippen LogP contribution in [0.15, 0.2) is 30.5 Å². The van der Waals surface area contributed by atoms with Crippen molar-refractivity contribution in [2.24, 2.45) is 5.92 Å². The van der Waals surface area contributed by atoms with E-state index in [4.69, 9.17) is 4.74 Å². The Morgan fingerprint density at radius 2 is 2.28 bits per heavy atom. The molecule has 96 valence electrons. The number of para-hydroxylation sites is 1. The van der Waals surface area contributed by atoms with Crippen molar-refractivity contribution in [2.75, 3.05) is 13.2 Å². The lowest BCUT2D eigenvalue weighted by Gasteiger charge is -2.14. The Balaban J connectivity index is 1.60. The van der Waals surface area contributed by atoms with E-state index in [2.05, 4.69) is 47.7 Å². The molecule has 1 aromatic heterocycles. The zero-order valence-corrected chi connectivity index (χ0v) is 10.8. The molecule has 1 aromatic carbocycles. The molecule has 3 heteroatoms. The Hall–Kier alpha value is -1.32. The lowest BCUT2D eigenvalue weighted by Crippen LogP contribution is -2.26. The summed E-state index contributed by atoms with van der Waals surface area (Å²) < 4.78 is 5.58. The summed E-state index contributed by atoms with van der Waals surface area (Å²) in [6, 6.07) is 8.44. The number of benzene rings is 1. The highest BCUT2D eigenvalue weighted by molar-refractivity contribution is 5.82. The fraction of sp³-hybridized carbons (Fsp3) is 0.467. The third-order valence-electron chi connectivity index (χ3n) is 3.93. The number of ether oxygens (including phenoxy) is 1. The summed E-state index contributed by atoms with van der Waals surface area (Å²) in [6.45, 7) is 5.06. The fourth-order valence-corrected chi connectivity index (χ4v) is 2.71. The molecule has 3 nitrogen and oxygen atoms in total. The molecule has 1 aliphatic heterocycles. The van der Waals surface area contributed by atoms with E-state index in [-0.39, 0.29) is 0 Å². The minimum Gasteiger partial charge on any atom is -0.378 e. The lowest BCUT2D eigenvalue weighted by atomic mass is 10.0. The Labute approximate surface area is 108 Å². The third-order valence-corrected chi connectivity index (χ3v) is 3.93. The monoisotopic (exact) mass is 244 g/mol. The van der Waals surface area contributed by atoms with Crippen LogP contribution in [-0.2, 0) is 11.3 Å². The van der Waals surface area contributed by atoms with Gasteiger partial charge in [0.2, 0.25) is 0 Å². The summed E-state index contributed by atoms with van der Waals surface area (Å²) in [5.74, 6) is 0.662. The Kier molecular flexibility index (Phi) is 3.35. The summed E-state index contributed by atoms with van der Waals surface area (Å²) >= 11 is 0. The van der Waals surface area contributed by atoms with Gasteiger partial charge in [0, 0.05) is 36.8 Å². The maximum absolute atomic E-state index is 5.58. The van der Waals surface area contributed by atoms with Crippen molar-refractivity contribution >= 4 is 10.9 Å². The quantitative estimate of drug-likeness (QED) is 0.867. The predicted octanol–water partition coefficient (Wildman–Crippen LogP) is 2.68.